The third-order valence-corrected chi connectivity index (χ3v) is 3.24. The number of nitrogens with one attached hydrogen (secondary N) is 1. The molecule has 0 aliphatic rings. The van der Waals surface area contributed by atoms with Gasteiger partial charge in [-0.15, -0.1) is 0 Å². The Hall–Kier alpha value is -1.74. The molecule has 0 radical (unpaired) electrons. The number of amides is 1. The number of hydrogen-bond donors (Lipinski definition) is 1. The average Bonchev–Trinajstić information content (AvgIpc) is 2.40. The number of ether oxygens (including phenoxy) is 1. The van der Waals surface area contributed by atoms with Crippen molar-refractivity contribution in [1.82, 2.24) is 5.32 Å². The quantitative estimate of drug-likeness (QED) is 0.933. The molecule has 0 saturated carbocycles. The van der Waals surface area contributed by atoms with Crippen LogP contribution in [0, 0.1) is 0 Å². The lowest BCUT2D eigenvalue weighted by Crippen LogP contribution is -2.22. The van der Waals surface area contributed by atoms with Crippen LogP contribution in [0.15, 0.2) is 30.3 Å². The zero-order valence-corrected chi connectivity index (χ0v) is 11.5. The number of carbonyl (C=O) groups is 1. The van der Waals surface area contributed by atoms with Crippen LogP contribution in [0.3, 0.4) is 0 Å². The molecular formula is C15H16ClNO2. The molecule has 19 heavy (non-hydrogen) atoms. The van der Waals surface area contributed by atoms with Crippen LogP contribution in [0.4, 0.5) is 0 Å². The first-order valence-electron chi connectivity index (χ1n) is 6.70. The second-order valence-electron chi connectivity index (χ2n) is 4.30. The maximum Gasteiger partial charge on any atom is 0.216 e. The maximum absolute atomic E-state index is 10.9. The summed E-state index contributed by atoms with van der Waals surface area (Å²) in [5.41, 5.74) is 1.11. The van der Waals surface area contributed by atoms with Crippen molar-refractivity contribution in [3.8, 4) is 5.75 Å². The van der Waals surface area contributed by atoms with Crippen molar-refractivity contribution in [2.75, 3.05) is 13.6 Å². The highest BCUT2D eigenvalue weighted by Crippen LogP contribution is 2.31. The van der Waals surface area contributed by atoms with Crippen LogP contribution in [0.5, 0.6) is 5.75 Å². The number of methoxy groups -OCH3 is 1. The Morgan fingerprint density at radius 1 is 1.47 bits per heavy atom. The van der Waals surface area contributed by atoms with Gasteiger partial charge in [0.1, 0.15) is 5.75 Å². The Balaban J connectivity index is 2.34. The van der Waals surface area contributed by atoms with E-state index < -0.39 is 0 Å². The van der Waals surface area contributed by atoms with Crippen molar-refractivity contribution in [2.24, 2.45) is 0 Å². The Kier molecular flexibility index (Phi) is 3.84. The third kappa shape index (κ3) is 3.18. The average molecular weight is 279 g/mol. The summed E-state index contributed by atoms with van der Waals surface area (Å²) in [4.78, 5) is 10.9. The summed E-state index contributed by atoms with van der Waals surface area (Å²) in [6, 6.07) is 9.65. The molecule has 0 atom stereocenters. The van der Waals surface area contributed by atoms with Gasteiger partial charge in [0.25, 0.3) is 0 Å². The molecule has 0 spiro atoms. The standard InChI is InChI=1S/C15H16ClNO2/c1-10(18)17-7-6-11-4-3-5-12-8-14(16)15(19-2)9-13(11)12/h3-5,8-9H,6-7H2,1-2H3,(H,17,18)/i2D. The third-order valence-electron chi connectivity index (χ3n) is 2.95. The van der Waals surface area contributed by atoms with E-state index in [-0.39, 0.29) is 13.0 Å². The van der Waals surface area contributed by atoms with E-state index in [2.05, 4.69) is 5.32 Å². The summed E-state index contributed by atoms with van der Waals surface area (Å²) in [6.45, 7) is 2.09. The van der Waals surface area contributed by atoms with Gasteiger partial charge in [0, 0.05) is 13.5 Å². The molecule has 4 heteroatoms. The molecule has 0 fully saturated rings. The molecule has 0 unspecified atom stereocenters. The largest absolute Gasteiger partial charge is 0.495 e. The van der Waals surface area contributed by atoms with Gasteiger partial charge in [-0.2, -0.15) is 0 Å². The minimum atomic E-state index is -0.167. The van der Waals surface area contributed by atoms with Gasteiger partial charge < -0.3 is 10.1 Å². The van der Waals surface area contributed by atoms with Crippen molar-refractivity contribution in [3.63, 3.8) is 0 Å². The zero-order valence-electron chi connectivity index (χ0n) is 11.7. The van der Waals surface area contributed by atoms with E-state index in [1.807, 2.05) is 30.3 Å². The van der Waals surface area contributed by atoms with Crippen molar-refractivity contribution in [3.05, 3.63) is 40.9 Å². The number of halogens is 1. The smallest absolute Gasteiger partial charge is 0.216 e. The summed E-state index contributed by atoms with van der Waals surface area (Å²) in [7, 11) is -0.167. The lowest BCUT2D eigenvalue weighted by atomic mass is 10.0. The van der Waals surface area contributed by atoms with Crippen LogP contribution in [-0.2, 0) is 11.2 Å². The summed E-state index contributed by atoms with van der Waals surface area (Å²) < 4.78 is 12.3. The van der Waals surface area contributed by atoms with E-state index in [0.29, 0.717) is 17.3 Å². The summed E-state index contributed by atoms with van der Waals surface area (Å²) in [5, 5.41) is 5.34. The van der Waals surface area contributed by atoms with E-state index in [1.165, 1.54) is 6.92 Å². The van der Waals surface area contributed by atoms with Gasteiger partial charge >= 0.3 is 0 Å². The van der Waals surface area contributed by atoms with Crippen LogP contribution < -0.4 is 10.1 Å². The number of carbonyl (C=O) groups excluding carboxylic acids is 1. The maximum atomic E-state index is 10.9. The molecule has 0 aliphatic carbocycles. The van der Waals surface area contributed by atoms with Gasteiger partial charge in [-0.3, -0.25) is 4.79 Å². The van der Waals surface area contributed by atoms with Gasteiger partial charge in [-0.25, -0.2) is 0 Å². The first-order valence-corrected chi connectivity index (χ1v) is 6.37. The minimum Gasteiger partial charge on any atom is -0.495 e. The Morgan fingerprint density at radius 3 is 3.05 bits per heavy atom. The highest BCUT2D eigenvalue weighted by molar-refractivity contribution is 6.32. The van der Waals surface area contributed by atoms with Gasteiger partial charge in [0.2, 0.25) is 5.91 Å². The molecule has 1 amide bonds. The van der Waals surface area contributed by atoms with Crippen molar-refractivity contribution >= 4 is 28.3 Å². The van der Waals surface area contributed by atoms with Crippen molar-refractivity contribution < 1.29 is 10.9 Å². The number of rotatable bonds is 4. The fourth-order valence-electron chi connectivity index (χ4n) is 2.04. The molecular weight excluding hydrogens is 262 g/mol. The summed E-state index contributed by atoms with van der Waals surface area (Å²) >= 11 is 6.11. The summed E-state index contributed by atoms with van der Waals surface area (Å²) in [5.74, 6) is 0.479. The van der Waals surface area contributed by atoms with Crippen LogP contribution in [-0.4, -0.2) is 19.5 Å². The first-order chi connectivity index (χ1) is 9.61. The lowest BCUT2D eigenvalue weighted by molar-refractivity contribution is -0.118. The monoisotopic (exact) mass is 278 g/mol. The Labute approximate surface area is 118 Å². The van der Waals surface area contributed by atoms with Crippen LogP contribution in [0.1, 0.15) is 13.9 Å². The number of benzene rings is 2. The van der Waals surface area contributed by atoms with Crippen LogP contribution >= 0.6 is 11.6 Å². The van der Waals surface area contributed by atoms with Crippen LogP contribution in [0.25, 0.3) is 10.8 Å². The lowest BCUT2D eigenvalue weighted by Gasteiger charge is -2.10. The predicted molar refractivity (Wildman–Crippen MR) is 77.9 cm³/mol. The zero-order chi connectivity index (χ0) is 14.5. The number of hydrogen-bond acceptors (Lipinski definition) is 2. The van der Waals surface area contributed by atoms with E-state index in [0.717, 1.165) is 22.8 Å². The van der Waals surface area contributed by atoms with Crippen molar-refractivity contribution in [1.29, 1.82) is 0 Å². The predicted octanol–water partition coefficient (Wildman–Crippen LogP) is 3.18. The van der Waals surface area contributed by atoms with Crippen LogP contribution in [0.2, 0.25) is 5.02 Å². The molecule has 1 N–H and O–H groups in total. The van der Waals surface area contributed by atoms with Gasteiger partial charge in [0.15, 0.2) is 0 Å². The Bertz CT molecular complexity index is 631. The van der Waals surface area contributed by atoms with Crippen molar-refractivity contribution in [2.45, 2.75) is 13.3 Å². The van der Waals surface area contributed by atoms with E-state index in [1.54, 1.807) is 0 Å². The Morgan fingerprint density at radius 2 is 2.32 bits per heavy atom. The fraction of sp³-hybridized carbons (Fsp3) is 0.267. The van der Waals surface area contributed by atoms with Gasteiger partial charge in [-0.05, 0) is 34.9 Å². The molecule has 0 aromatic heterocycles. The normalized spacial score (nSPS) is 11.2. The molecule has 0 saturated heterocycles. The molecule has 2 aromatic rings. The molecule has 0 heterocycles. The highest BCUT2D eigenvalue weighted by Gasteiger charge is 2.07. The second kappa shape index (κ2) is 5.93. The topological polar surface area (TPSA) is 38.3 Å². The number of fused-ring (bicyclic) bond motifs is 1. The van der Waals surface area contributed by atoms with E-state index in [9.17, 15) is 4.79 Å². The summed E-state index contributed by atoms with van der Waals surface area (Å²) in [6.07, 6.45) is 0.735. The van der Waals surface area contributed by atoms with E-state index in [4.69, 9.17) is 17.7 Å². The van der Waals surface area contributed by atoms with Gasteiger partial charge in [-0.1, -0.05) is 29.8 Å². The molecule has 100 valence electrons. The second-order valence-corrected chi connectivity index (χ2v) is 4.71. The molecule has 0 bridgehead atoms. The molecule has 2 rings (SSSR count). The van der Waals surface area contributed by atoms with Gasteiger partial charge in [0.05, 0.1) is 13.5 Å². The molecule has 3 nitrogen and oxygen atoms in total. The van der Waals surface area contributed by atoms with E-state index >= 15 is 0 Å². The SMILES string of the molecule is [2H]COc1cc2c(CCNC(C)=O)cccc2cc1Cl. The fourth-order valence-corrected chi connectivity index (χ4v) is 2.27. The molecule has 0 aliphatic heterocycles. The molecule has 2 aromatic carbocycles. The minimum absolute atomic E-state index is 0.0356. The highest BCUT2D eigenvalue weighted by atomic mass is 35.5. The first kappa shape index (κ1) is 12.3.